The number of aliphatic hydroxyl groups excluding tert-OH is 7. The van der Waals surface area contributed by atoms with E-state index in [2.05, 4.69) is 10.2 Å². The minimum atomic E-state index is -1.38. The van der Waals surface area contributed by atoms with E-state index in [0.29, 0.717) is 45.2 Å². The van der Waals surface area contributed by atoms with Gasteiger partial charge in [-0.2, -0.15) is 0 Å². The molecule has 12 nitrogen and oxygen atoms in total. The van der Waals surface area contributed by atoms with E-state index in [1.165, 1.54) is 0 Å². The minimum Gasteiger partial charge on any atom is -0.394 e. The fraction of sp³-hybridized carbons (Fsp3) is 0.960. The third kappa shape index (κ3) is 9.64. The lowest BCUT2D eigenvalue weighted by Gasteiger charge is -2.40. The SMILES string of the molecule is CNC(=O)CCCCCN(CCCC1OC(C)C(O)C(O)C1O)CCCC1OC(CO)C(O)C(O)C1O. The molecule has 12 heteroatoms. The summed E-state index contributed by atoms with van der Waals surface area (Å²) in [6.45, 7) is 3.37. The standard InChI is InChI=1S/C25H48N2O10/c1-15-20(30)24(34)21(31)16(36-15)8-6-12-27(11-5-3-4-10-19(29)26-2)13-7-9-17-22(32)25(35)23(33)18(14-28)37-17/h15-18,20-25,28,30-35H,3-14H2,1-2H3,(H,26,29). The summed E-state index contributed by atoms with van der Waals surface area (Å²) in [4.78, 5) is 13.7. The lowest BCUT2D eigenvalue weighted by molar-refractivity contribution is -0.230. The topological polar surface area (TPSA) is 192 Å². The summed E-state index contributed by atoms with van der Waals surface area (Å²) in [6.07, 6.45) is -4.97. The molecule has 0 bridgehead atoms. The molecule has 0 saturated carbocycles. The van der Waals surface area contributed by atoms with Crippen LogP contribution in [0.25, 0.3) is 0 Å². The maximum atomic E-state index is 11.4. The molecule has 0 spiro atoms. The van der Waals surface area contributed by atoms with Crippen molar-refractivity contribution in [3.63, 3.8) is 0 Å². The number of carbonyl (C=O) groups is 1. The van der Waals surface area contributed by atoms with Crippen LogP contribution < -0.4 is 5.32 Å². The average Bonchev–Trinajstić information content (AvgIpc) is 2.89. The monoisotopic (exact) mass is 536 g/mol. The second kappa shape index (κ2) is 16.2. The molecule has 10 unspecified atom stereocenters. The van der Waals surface area contributed by atoms with Gasteiger partial charge in [0.15, 0.2) is 0 Å². The summed E-state index contributed by atoms with van der Waals surface area (Å²) >= 11 is 0. The number of ether oxygens (including phenoxy) is 2. The van der Waals surface area contributed by atoms with Crippen LogP contribution in [0.4, 0.5) is 0 Å². The van der Waals surface area contributed by atoms with Crippen LogP contribution in [0.1, 0.15) is 58.3 Å². The second-order valence-corrected chi connectivity index (χ2v) is 10.3. The Morgan fingerprint density at radius 3 is 1.78 bits per heavy atom. The zero-order valence-corrected chi connectivity index (χ0v) is 22.1. The van der Waals surface area contributed by atoms with Crippen molar-refractivity contribution in [1.29, 1.82) is 0 Å². The molecule has 2 heterocycles. The van der Waals surface area contributed by atoms with Gasteiger partial charge in [-0.25, -0.2) is 0 Å². The van der Waals surface area contributed by atoms with Gasteiger partial charge in [-0.05, 0) is 65.1 Å². The van der Waals surface area contributed by atoms with Gasteiger partial charge in [0.05, 0.1) is 24.9 Å². The quantitative estimate of drug-likeness (QED) is 0.107. The molecule has 218 valence electrons. The van der Waals surface area contributed by atoms with Crippen LogP contribution in [0, 0.1) is 0 Å². The van der Waals surface area contributed by atoms with Crippen molar-refractivity contribution in [3.05, 3.63) is 0 Å². The molecule has 2 fully saturated rings. The Hall–Kier alpha value is -0.930. The Morgan fingerprint density at radius 2 is 1.22 bits per heavy atom. The summed E-state index contributed by atoms with van der Waals surface area (Å²) in [5, 5.41) is 72.5. The Morgan fingerprint density at radius 1 is 0.703 bits per heavy atom. The van der Waals surface area contributed by atoms with E-state index < -0.39 is 67.6 Å². The largest absolute Gasteiger partial charge is 0.394 e. The highest BCUT2D eigenvalue weighted by molar-refractivity contribution is 5.75. The number of hydrogen-bond donors (Lipinski definition) is 8. The fourth-order valence-electron chi connectivity index (χ4n) is 5.08. The number of hydrogen-bond acceptors (Lipinski definition) is 11. The molecular weight excluding hydrogens is 488 g/mol. The predicted octanol–water partition coefficient (Wildman–Crippen LogP) is -2.13. The molecule has 0 aliphatic carbocycles. The fourth-order valence-corrected chi connectivity index (χ4v) is 5.08. The van der Waals surface area contributed by atoms with E-state index in [4.69, 9.17) is 9.47 Å². The average molecular weight is 537 g/mol. The number of carbonyl (C=O) groups excluding carboxylic acids is 1. The first kappa shape index (κ1) is 32.3. The van der Waals surface area contributed by atoms with E-state index in [1.807, 2.05) is 0 Å². The van der Waals surface area contributed by atoms with E-state index in [9.17, 15) is 40.5 Å². The molecule has 2 aliphatic heterocycles. The molecule has 2 saturated heterocycles. The van der Waals surface area contributed by atoms with Gasteiger partial charge in [-0.3, -0.25) is 4.79 Å². The van der Waals surface area contributed by atoms with Crippen LogP contribution in [-0.4, -0.2) is 141 Å². The van der Waals surface area contributed by atoms with E-state index >= 15 is 0 Å². The zero-order chi connectivity index (χ0) is 27.5. The molecular formula is C25H48N2O10. The van der Waals surface area contributed by atoms with Crippen LogP contribution in [0.3, 0.4) is 0 Å². The Balaban J connectivity index is 1.84. The Bertz CT molecular complexity index is 657. The van der Waals surface area contributed by atoms with Crippen molar-refractivity contribution in [1.82, 2.24) is 10.2 Å². The molecule has 0 aromatic heterocycles. The summed E-state index contributed by atoms with van der Waals surface area (Å²) in [5.74, 6) is 0.0176. The van der Waals surface area contributed by atoms with Gasteiger partial charge in [0.2, 0.25) is 5.91 Å². The van der Waals surface area contributed by atoms with Crippen molar-refractivity contribution in [3.8, 4) is 0 Å². The molecule has 0 aromatic rings. The van der Waals surface area contributed by atoms with E-state index in [-0.39, 0.29) is 5.91 Å². The Kier molecular flexibility index (Phi) is 14.2. The predicted molar refractivity (Wildman–Crippen MR) is 134 cm³/mol. The molecule has 0 aromatic carbocycles. The van der Waals surface area contributed by atoms with E-state index in [1.54, 1.807) is 14.0 Å². The Labute approximate surface area is 219 Å². The number of rotatable bonds is 15. The number of unbranched alkanes of at least 4 members (excludes halogenated alkanes) is 2. The first-order chi connectivity index (χ1) is 17.6. The minimum absolute atomic E-state index is 0.0176. The smallest absolute Gasteiger partial charge is 0.219 e. The molecule has 37 heavy (non-hydrogen) atoms. The summed E-state index contributed by atoms with van der Waals surface area (Å²) in [5.41, 5.74) is 0. The van der Waals surface area contributed by atoms with Crippen molar-refractivity contribution in [2.45, 2.75) is 119 Å². The van der Waals surface area contributed by atoms with Gasteiger partial charge in [-0.1, -0.05) is 6.42 Å². The first-order valence-electron chi connectivity index (χ1n) is 13.5. The molecule has 1 amide bonds. The van der Waals surface area contributed by atoms with Crippen molar-refractivity contribution < 1.29 is 50.0 Å². The van der Waals surface area contributed by atoms with E-state index in [0.717, 1.165) is 25.8 Å². The lowest BCUT2D eigenvalue weighted by Crippen LogP contribution is -2.58. The highest BCUT2D eigenvalue weighted by Crippen LogP contribution is 2.25. The summed E-state index contributed by atoms with van der Waals surface area (Å²) < 4.78 is 11.3. The van der Waals surface area contributed by atoms with Gasteiger partial charge >= 0.3 is 0 Å². The van der Waals surface area contributed by atoms with Gasteiger partial charge in [0, 0.05) is 13.5 Å². The van der Waals surface area contributed by atoms with Gasteiger partial charge in [-0.15, -0.1) is 0 Å². The number of aliphatic hydroxyl groups is 7. The summed E-state index contributed by atoms with van der Waals surface area (Å²) in [7, 11) is 1.62. The second-order valence-electron chi connectivity index (χ2n) is 10.3. The highest BCUT2D eigenvalue weighted by Gasteiger charge is 2.43. The normalized spacial score (nSPS) is 36.6. The zero-order valence-electron chi connectivity index (χ0n) is 22.1. The van der Waals surface area contributed by atoms with Crippen molar-refractivity contribution in [2.75, 3.05) is 33.3 Å². The highest BCUT2D eigenvalue weighted by atomic mass is 16.5. The van der Waals surface area contributed by atoms with Crippen LogP contribution in [-0.2, 0) is 14.3 Å². The lowest BCUT2D eigenvalue weighted by atomic mass is 9.92. The van der Waals surface area contributed by atoms with Crippen LogP contribution in [0.15, 0.2) is 0 Å². The van der Waals surface area contributed by atoms with Gasteiger partial charge in [0.1, 0.15) is 42.7 Å². The molecule has 2 rings (SSSR count). The maximum Gasteiger partial charge on any atom is 0.219 e. The van der Waals surface area contributed by atoms with Crippen molar-refractivity contribution in [2.24, 2.45) is 0 Å². The van der Waals surface area contributed by atoms with Crippen LogP contribution >= 0.6 is 0 Å². The third-order valence-corrected chi connectivity index (χ3v) is 7.53. The first-order valence-corrected chi connectivity index (χ1v) is 13.5. The number of amides is 1. The summed E-state index contributed by atoms with van der Waals surface area (Å²) in [6, 6.07) is 0. The van der Waals surface area contributed by atoms with Gasteiger partial charge < -0.3 is 55.4 Å². The maximum absolute atomic E-state index is 11.4. The number of nitrogens with zero attached hydrogens (tertiary/aromatic N) is 1. The van der Waals surface area contributed by atoms with Crippen LogP contribution in [0.2, 0.25) is 0 Å². The van der Waals surface area contributed by atoms with Crippen molar-refractivity contribution >= 4 is 5.91 Å². The molecule has 2 aliphatic rings. The molecule has 8 N–H and O–H groups in total. The number of nitrogens with one attached hydrogen (secondary N) is 1. The van der Waals surface area contributed by atoms with Crippen LogP contribution in [0.5, 0.6) is 0 Å². The molecule has 10 atom stereocenters. The van der Waals surface area contributed by atoms with Gasteiger partial charge in [0.25, 0.3) is 0 Å². The molecule has 0 radical (unpaired) electrons. The third-order valence-electron chi connectivity index (χ3n) is 7.53.